The summed E-state index contributed by atoms with van der Waals surface area (Å²) in [7, 11) is 0. The number of aryl methyl sites for hydroxylation is 1. The number of carboxylic acid groups (broad SMARTS) is 1. The number of ether oxygens (including phenoxy) is 1. The first-order chi connectivity index (χ1) is 8.15. The number of aliphatic carboxylic acids is 1. The van der Waals surface area contributed by atoms with E-state index in [0.29, 0.717) is 13.2 Å². The Kier molecular flexibility index (Phi) is 2.26. The smallest absolute Gasteiger partial charge is 0.306 e. The second-order valence-electron chi connectivity index (χ2n) is 5.25. The van der Waals surface area contributed by atoms with Crippen LogP contribution in [-0.2, 0) is 14.9 Å². The molecule has 1 aliphatic carbocycles. The third-order valence-electron chi connectivity index (χ3n) is 4.22. The lowest BCUT2D eigenvalue weighted by Crippen LogP contribution is -2.49. The first kappa shape index (κ1) is 10.8. The van der Waals surface area contributed by atoms with Crippen molar-refractivity contribution in [3.63, 3.8) is 0 Å². The molecule has 1 N–H and O–H groups in total. The standard InChI is InChI=1S/C14H16O3/c1-9-4-2-3-5-11(9)14(7-17-8-14)12-6-10(12)13(15)16/h2-5,10,12H,6-8H2,1H3,(H,15,16). The Hall–Kier alpha value is -1.35. The molecule has 0 spiro atoms. The van der Waals surface area contributed by atoms with Crippen LogP contribution in [0.15, 0.2) is 24.3 Å². The Labute approximate surface area is 100 Å². The minimum atomic E-state index is -0.658. The second-order valence-corrected chi connectivity index (χ2v) is 5.25. The predicted molar refractivity (Wildman–Crippen MR) is 62.9 cm³/mol. The average molecular weight is 232 g/mol. The highest BCUT2D eigenvalue weighted by atomic mass is 16.5. The molecule has 0 bridgehead atoms. The summed E-state index contributed by atoms with van der Waals surface area (Å²) in [6, 6.07) is 8.26. The van der Waals surface area contributed by atoms with Crippen molar-refractivity contribution in [2.75, 3.05) is 13.2 Å². The molecule has 1 heterocycles. The molecule has 1 aliphatic heterocycles. The van der Waals surface area contributed by atoms with E-state index in [2.05, 4.69) is 19.1 Å². The zero-order chi connectivity index (χ0) is 12.0. The van der Waals surface area contributed by atoms with Crippen LogP contribution in [-0.4, -0.2) is 24.3 Å². The lowest BCUT2D eigenvalue weighted by atomic mass is 9.72. The van der Waals surface area contributed by atoms with E-state index in [1.807, 2.05) is 12.1 Å². The Morgan fingerprint density at radius 1 is 1.41 bits per heavy atom. The van der Waals surface area contributed by atoms with Crippen molar-refractivity contribution in [2.24, 2.45) is 11.8 Å². The summed E-state index contributed by atoms with van der Waals surface area (Å²) in [5, 5.41) is 9.08. The summed E-state index contributed by atoms with van der Waals surface area (Å²) in [5.41, 5.74) is 2.49. The summed E-state index contributed by atoms with van der Waals surface area (Å²) in [4.78, 5) is 11.0. The third kappa shape index (κ3) is 1.49. The van der Waals surface area contributed by atoms with Crippen LogP contribution in [0.3, 0.4) is 0 Å². The lowest BCUT2D eigenvalue weighted by Gasteiger charge is -2.43. The molecule has 2 aliphatic rings. The lowest BCUT2D eigenvalue weighted by molar-refractivity contribution is -0.140. The molecular weight excluding hydrogens is 216 g/mol. The zero-order valence-electron chi connectivity index (χ0n) is 9.85. The molecule has 2 unspecified atom stereocenters. The van der Waals surface area contributed by atoms with Gasteiger partial charge in [0.25, 0.3) is 0 Å². The fraction of sp³-hybridized carbons (Fsp3) is 0.500. The highest BCUT2D eigenvalue weighted by Crippen LogP contribution is 2.56. The summed E-state index contributed by atoms with van der Waals surface area (Å²) >= 11 is 0. The van der Waals surface area contributed by atoms with Gasteiger partial charge in [0.2, 0.25) is 0 Å². The van der Waals surface area contributed by atoms with Gasteiger partial charge in [0, 0.05) is 5.41 Å². The van der Waals surface area contributed by atoms with Gasteiger partial charge >= 0.3 is 5.97 Å². The minimum absolute atomic E-state index is 0.0333. The largest absolute Gasteiger partial charge is 0.481 e. The van der Waals surface area contributed by atoms with Crippen LogP contribution in [0, 0.1) is 18.8 Å². The van der Waals surface area contributed by atoms with Gasteiger partial charge in [0.05, 0.1) is 19.1 Å². The number of hydrogen-bond donors (Lipinski definition) is 1. The Bertz CT molecular complexity index is 462. The molecule has 0 aromatic heterocycles. The minimum Gasteiger partial charge on any atom is -0.481 e. The fourth-order valence-electron chi connectivity index (χ4n) is 3.10. The molecule has 2 atom stereocenters. The SMILES string of the molecule is Cc1ccccc1C1(C2CC2C(=O)O)COC1. The van der Waals surface area contributed by atoms with Gasteiger partial charge in [-0.25, -0.2) is 0 Å². The van der Waals surface area contributed by atoms with E-state index in [0.717, 1.165) is 6.42 Å². The molecule has 3 heteroatoms. The van der Waals surface area contributed by atoms with Crippen LogP contribution in [0.5, 0.6) is 0 Å². The van der Waals surface area contributed by atoms with E-state index < -0.39 is 5.97 Å². The maximum absolute atomic E-state index is 11.0. The van der Waals surface area contributed by atoms with Crippen LogP contribution in [0.1, 0.15) is 17.5 Å². The molecule has 3 rings (SSSR count). The van der Waals surface area contributed by atoms with Crippen molar-refractivity contribution in [1.82, 2.24) is 0 Å². The molecule has 1 saturated carbocycles. The van der Waals surface area contributed by atoms with Crippen LogP contribution in [0.4, 0.5) is 0 Å². The van der Waals surface area contributed by atoms with E-state index in [1.165, 1.54) is 11.1 Å². The molecular formula is C14H16O3. The molecule has 0 radical (unpaired) electrons. The first-order valence-corrected chi connectivity index (χ1v) is 6.02. The fourth-order valence-corrected chi connectivity index (χ4v) is 3.10. The van der Waals surface area contributed by atoms with E-state index in [-0.39, 0.29) is 17.3 Å². The van der Waals surface area contributed by atoms with Crippen molar-refractivity contribution in [3.8, 4) is 0 Å². The summed E-state index contributed by atoms with van der Waals surface area (Å²) in [6.45, 7) is 3.44. The highest BCUT2D eigenvalue weighted by Gasteiger charge is 2.60. The number of carbonyl (C=O) groups is 1. The van der Waals surface area contributed by atoms with E-state index in [9.17, 15) is 4.79 Å². The maximum atomic E-state index is 11.0. The summed E-state index contributed by atoms with van der Waals surface area (Å²) < 4.78 is 5.38. The molecule has 2 fully saturated rings. The highest BCUT2D eigenvalue weighted by molar-refractivity contribution is 5.74. The maximum Gasteiger partial charge on any atom is 0.306 e. The third-order valence-corrected chi connectivity index (χ3v) is 4.22. The molecule has 1 aromatic rings. The number of benzene rings is 1. The Morgan fingerprint density at radius 2 is 2.12 bits per heavy atom. The summed E-state index contributed by atoms with van der Waals surface area (Å²) in [5.74, 6) is -0.566. The Morgan fingerprint density at radius 3 is 2.59 bits per heavy atom. The Balaban J connectivity index is 1.94. The average Bonchev–Trinajstić information content (AvgIpc) is 2.99. The van der Waals surface area contributed by atoms with Gasteiger partial charge in [0.1, 0.15) is 0 Å². The van der Waals surface area contributed by atoms with Crippen molar-refractivity contribution in [2.45, 2.75) is 18.8 Å². The monoisotopic (exact) mass is 232 g/mol. The quantitative estimate of drug-likeness (QED) is 0.866. The van der Waals surface area contributed by atoms with Crippen molar-refractivity contribution in [3.05, 3.63) is 35.4 Å². The second kappa shape index (κ2) is 3.57. The molecule has 0 amide bonds. The van der Waals surface area contributed by atoms with Gasteiger partial charge in [-0.2, -0.15) is 0 Å². The summed E-state index contributed by atoms with van der Waals surface area (Å²) in [6.07, 6.45) is 0.799. The van der Waals surface area contributed by atoms with Crippen LogP contribution < -0.4 is 0 Å². The zero-order valence-corrected chi connectivity index (χ0v) is 9.85. The topological polar surface area (TPSA) is 46.5 Å². The van der Waals surface area contributed by atoms with Gasteiger partial charge in [-0.15, -0.1) is 0 Å². The van der Waals surface area contributed by atoms with Crippen molar-refractivity contribution < 1.29 is 14.6 Å². The first-order valence-electron chi connectivity index (χ1n) is 6.02. The predicted octanol–water partition coefficient (Wildman–Crippen LogP) is 1.98. The molecule has 3 nitrogen and oxygen atoms in total. The van der Waals surface area contributed by atoms with E-state index in [1.54, 1.807) is 0 Å². The van der Waals surface area contributed by atoms with Gasteiger partial charge in [-0.05, 0) is 30.4 Å². The van der Waals surface area contributed by atoms with Crippen LogP contribution >= 0.6 is 0 Å². The van der Waals surface area contributed by atoms with Gasteiger partial charge in [-0.3, -0.25) is 4.79 Å². The van der Waals surface area contributed by atoms with Crippen LogP contribution in [0.2, 0.25) is 0 Å². The number of rotatable bonds is 3. The van der Waals surface area contributed by atoms with E-state index in [4.69, 9.17) is 9.84 Å². The number of hydrogen-bond acceptors (Lipinski definition) is 2. The normalized spacial score (nSPS) is 29.5. The molecule has 1 aromatic carbocycles. The van der Waals surface area contributed by atoms with Gasteiger partial charge < -0.3 is 9.84 Å². The molecule has 90 valence electrons. The van der Waals surface area contributed by atoms with Crippen molar-refractivity contribution >= 4 is 5.97 Å². The van der Waals surface area contributed by atoms with Crippen LogP contribution in [0.25, 0.3) is 0 Å². The van der Waals surface area contributed by atoms with Crippen molar-refractivity contribution in [1.29, 1.82) is 0 Å². The molecule has 1 saturated heterocycles. The van der Waals surface area contributed by atoms with E-state index >= 15 is 0 Å². The van der Waals surface area contributed by atoms with Gasteiger partial charge in [0.15, 0.2) is 0 Å². The number of carboxylic acids is 1. The molecule has 17 heavy (non-hydrogen) atoms. The van der Waals surface area contributed by atoms with Gasteiger partial charge in [-0.1, -0.05) is 24.3 Å².